The van der Waals surface area contributed by atoms with E-state index in [2.05, 4.69) is 32.0 Å². The van der Waals surface area contributed by atoms with Crippen LogP contribution in [0, 0.1) is 13.8 Å². The van der Waals surface area contributed by atoms with E-state index in [1.165, 1.54) is 16.0 Å². The average Bonchev–Trinajstić information content (AvgIpc) is 2.46. The normalized spacial score (nSPS) is 10.5. The van der Waals surface area contributed by atoms with Gasteiger partial charge in [-0.15, -0.1) is 11.8 Å². The van der Waals surface area contributed by atoms with Crippen LogP contribution in [0.1, 0.15) is 34.8 Å². The van der Waals surface area contributed by atoms with Crippen LogP contribution in [0.5, 0.6) is 5.75 Å². The first-order valence-electron chi connectivity index (χ1n) is 7.49. The van der Waals surface area contributed by atoms with Crippen molar-refractivity contribution in [1.29, 1.82) is 0 Å². The predicted octanol–water partition coefficient (Wildman–Crippen LogP) is 5.07. The molecule has 2 aromatic rings. The van der Waals surface area contributed by atoms with Crippen LogP contribution in [0.3, 0.4) is 0 Å². The Morgan fingerprint density at radius 3 is 2.27 bits per heavy atom. The first kappa shape index (κ1) is 16.6. The Kier molecular flexibility index (Phi) is 6.08. The molecule has 0 amide bonds. The summed E-state index contributed by atoms with van der Waals surface area (Å²) in [6, 6.07) is 14.1. The molecule has 0 bridgehead atoms. The van der Waals surface area contributed by atoms with Crippen LogP contribution in [0.2, 0.25) is 0 Å². The summed E-state index contributed by atoms with van der Waals surface area (Å²) < 4.78 is 5.80. The smallest absolute Gasteiger partial charge is 0.159 e. The second kappa shape index (κ2) is 8.04. The average molecular weight is 314 g/mol. The van der Waals surface area contributed by atoms with Crippen molar-refractivity contribution in [3.8, 4) is 5.75 Å². The molecule has 3 heteroatoms. The topological polar surface area (TPSA) is 26.3 Å². The molecule has 0 aromatic heterocycles. The highest BCUT2D eigenvalue weighted by Gasteiger charge is 2.00. The molecule has 0 aliphatic carbocycles. The van der Waals surface area contributed by atoms with Gasteiger partial charge >= 0.3 is 0 Å². The summed E-state index contributed by atoms with van der Waals surface area (Å²) in [4.78, 5) is 12.4. The molecule has 0 saturated carbocycles. The van der Waals surface area contributed by atoms with Gasteiger partial charge in [0.05, 0.1) is 6.61 Å². The van der Waals surface area contributed by atoms with Gasteiger partial charge in [-0.2, -0.15) is 0 Å². The number of carbonyl (C=O) groups excluding carboxylic acids is 1. The number of Topliss-reactive ketones (excluding diaryl/α,β-unsaturated/α-hetero) is 1. The third-order valence-electron chi connectivity index (χ3n) is 3.28. The van der Waals surface area contributed by atoms with Gasteiger partial charge in [0.1, 0.15) is 5.75 Å². The fourth-order valence-electron chi connectivity index (χ4n) is 2.24. The number of carbonyl (C=O) groups is 1. The molecular formula is C19H22O2S. The Morgan fingerprint density at radius 1 is 1.05 bits per heavy atom. The molecule has 0 aliphatic rings. The molecule has 2 rings (SSSR count). The molecule has 116 valence electrons. The molecule has 0 unspecified atom stereocenters. The minimum atomic E-state index is 0.110. The Bertz CT molecular complexity index is 612. The lowest BCUT2D eigenvalue weighted by Gasteiger charge is -2.08. The van der Waals surface area contributed by atoms with Gasteiger partial charge in [-0.05, 0) is 62.6 Å². The number of hydrogen-bond acceptors (Lipinski definition) is 3. The molecule has 0 heterocycles. The zero-order valence-electron chi connectivity index (χ0n) is 13.4. The zero-order chi connectivity index (χ0) is 15.9. The molecule has 0 radical (unpaired) electrons. The summed E-state index contributed by atoms with van der Waals surface area (Å²) in [6.45, 7) is 6.48. The molecular weight excluding hydrogens is 292 g/mol. The van der Waals surface area contributed by atoms with Crippen LogP contribution in [0.15, 0.2) is 47.4 Å². The number of ether oxygens (including phenoxy) is 1. The van der Waals surface area contributed by atoms with E-state index < -0.39 is 0 Å². The molecule has 0 atom stereocenters. The molecule has 0 saturated heterocycles. The summed E-state index contributed by atoms with van der Waals surface area (Å²) in [7, 11) is 0. The summed E-state index contributed by atoms with van der Waals surface area (Å²) in [5.41, 5.74) is 3.23. The number of aryl methyl sites for hydroxylation is 2. The number of hydrogen-bond donors (Lipinski definition) is 0. The van der Waals surface area contributed by atoms with Gasteiger partial charge in [-0.1, -0.05) is 18.2 Å². The SMILES string of the molecule is CC(=O)c1ccc(SCCCOc2cc(C)cc(C)c2)cc1. The van der Waals surface area contributed by atoms with E-state index in [-0.39, 0.29) is 5.78 Å². The van der Waals surface area contributed by atoms with Crippen molar-refractivity contribution < 1.29 is 9.53 Å². The van der Waals surface area contributed by atoms with Crippen LogP contribution in [0.4, 0.5) is 0 Å². The van der Waals surface area contributed by atoms with E-state index in [1.807, 2.05) is 24.3 Å². The minimum absolute atomic E-state index is 0.110. The number of benzene rings is 2. The number of rotatable bonds is 7. The summed E-state index contributed by atoms with van der Waals surface area (Å²) in [5.74, 6) is 2.07. The van der Waals surface area contributed by atoms with Crippen molar-refractivity contribution in [3.05, 3.63) is 59.2 Å². The maximum Gasteiger partial charge on any atom is 0.159 e. The quantitative estimate of drug-likeness (QED) is 0.405. The van der Waals surface area contributed by atoms with E-state index in [0.29, 0.717) is 0 Å². The van der Waals surface area contributed by atoms with Crippen molar-refractivity contribution in [2.45, 2.75) is 32.1 Å². The lowest BCUT2D eigenvalue weighted by molar-refractivity contribution is 0.101. The summed E-state index contributed by atoms with van der Waals surface area (Å²) in [5, 5.41) is 0. The van der Waals surface area contributed by atoms with Gasteiger partial charge < -0.3 is 4.74 Å². The van der Waals surface area contributed by atoms with Crippen LogP contribution in [0.25, 0.3) is 0 Å². The Hall–Kier alpha value is -1.74. The van der Waals surface area contributed by atoms with Gasteiger partial charge in [0, 0.05) is 16.2 Å². The lowest BCUT2D eigenvalue weighted by Crippen LogP contribution is -1.99. The fraction of sp³-hybridized carbons (Fsp3) is 0.316. The maximum atomic E-state index is 11.2. The Labute approximate surface area is 136 Å². The van der Waals surface area contributed by atoms with Crippen LogP contribution in [-0.2, 0) is 0 Å². The molecule has 22 heavy (non-hydrogen) atoms. The van der Waals surface area contributed by atoms with Crippen molar-refractivity contribution >= 4 is 17.5 Å². The molecule has 0 aliphatic heterocycles. The van der Waals surface area contributed by atoms with Crippen molar-refractivity contribution in [1.82, 2.24) is 0 Å². The van der Waals surface area contributed by atoms with E-state index in [1.54, 1.807) is 18.7 Å². The second-order valence-corrected chi connectivity index (χ2v) is 6.62. The van der Waals surface area contributed by atoms with Gasteiger partial charge in [0.2, 0.25) is 0 Å². The highest BCUT2D eigenvalue weighted by Crippen LogP contribution is 2.20. The zero-order valence-corrected chi connectivity index (χ0v) is 14.2. The molecule has 0 fully saturated rings. The maximum absolute atomic E-state index is 11.2. The third kappa shape index (κ3) is 5.23. The van der Waals surface area contributed by atoms with E-state index in [4.69, 9.17) is 4.74 Å². The summed E-state index contributed by atoms with van der Waals surface area (Å²) in [6.07, 6.45) is 0.992. The molecule has 2 nitrogen and oxygen atoms in total. The fourth-order valence-corrected chi connectivity index (χ4v) is 3.07. The van der Waals surface area contributed by atoms with Gasteiger partial charge in [-0.25, -0.2) is 0 Å². The monoisotopic (exact) mass is 314 g/mol. The molecule has 0 N–H and O–H groups in total. The Morgan fingerprint density at radius 2 is 1.68 bits per heavy atom. The standard InChI is InChI=1S/C19H22O2S/c1-14-11-15(2)13-18(12-14)21-9-4-10-22-19-7-5-17(6-8-19)16(3)20/h5-8,11-13H,4,9-10H2,1-3H3. The molecule has 2 aromatic carbocycles. The van der Waals surface area contributed by atoms with Gasteiger partial charge in [-0.3, -0.25) is 4.79 Å². The first-order chi connectivity index (χ1) is 10.5. The number of thioether (sulfide) groups is 1. The van der Waals surface area contributed by atoms with Crippen LogP contribution in [-0.4, -0.2) is 18.1 Å². The molecule has 0 spiro atoms. The summed E-state index contributed by atoms with van der Waals surface area (Å²) >= 11 is 1.79. The van der Waals surface area contributed by atoms with Crippen molar-refractivity contribution in [3.63, 3.8) is 0 Å². The lowest BCUT2D eigenvalue weighted by atomic mass is 10.1. The first-order valence-corrected chi connectivity index (χ1v) is 8.48. The largest absolute Gasteiger partial charge is 0.494 e. The van der Waals surface area contributed by atoms with Crippen molar-refractivity contribution in [2.24, 2.45) is 0 Å². The van der Waals surface area contributed by atoms with Gasteiger partial charge in [0.25, 0.3) is 0 Å². The van der Waals surface area contributed by atoms with E-state index >= 15 is 0 Å². The van der Waals surface area contributed by atoms with Gasteiger partial charge in [0.15, 0.2) is 5.78 Å². The Balaban J connectivity index is 1.72. The second-order valence-electron chi connectivity index (χ2n) is 5.45. The minimum Gasteiger partial charge on any atom is -0.494 e. The third-order valence-corrected chi connectivity index (χ3v) is 4.38. The van der Waals surface area contributed by atoms with Crippen molar-refractivity contribution in [2.75, 3.05) is 12.4 Å². The predicted molar refractivity (Wildman–Crippen MR) is 93.2 cm³/mol. The highest BCUT2D eigenvalue weighted by molar-refractivity contribution is 7.99. The van der Waals surface area contributed by atoms with E-state index in [0.717, 1.165) is 30.1 Å². The number of ketones is 1. The van der Waals surface area contributed by atoms with Crippen LogP contribution >= 0.6 is 11.8 Å². The van der Waals surface area contributed by atoms with E-state index in [9.17, 15) is 4.79 Å². The highest BCUT2D eigenvalue weighted by atomic mass is 32.2. The van der Waals surface area contributed by atoms with Crippen LogP contribution < -0.4 is 4.74 Å².